The van der Waals surface area contributed by atoms with Crippen molar-refractivity contribution in [2.45, 2.75) is 4.90 Å². The monoisotopic (exact) mass is 417 g/mol. The Morgan fingerprint density at radius 1 is 1.16 bits per heavy atom. The molecule has 3 N–H and O–H groups in total. The van der Waals surface area contributed by atoms with Crippen LogP contribution in [0.3, 0.4) is 0 Å². The summed E-state index contributed by atoms with van der Waals surface area (Å²) in [6, 6.07) is 14.9. The van der Waals surface area contributed by atoms with Crippen LogP contribution in [0.25, 0.3) is 5.69 Å². The summed E-state index contributed by atoms with van der Waals surface area (Å²) >= 11 is 3.27. The normalized spacial score (nSPS) is 11.0. The predicted molar refractivity (Wildman–Crippen MR) is 97.6 cm³/mol. The molecular formula is C16H12BrN5O2S. The number of rotatable bonds is 4. The number of halogens is 1. The average molecular weight is 418 g/mol. The Hall–Kier alpha value is -2.83. The molecule has 0 unspecified atom stereocenters. The molecule has 0 bridgehead atoms. The topological polar surface area (TPSA) is 114 Å². The van der Waals surface area contributed by atoms with E-state index in [0.717, 1.165) is 4.47 Å². The van der Waals surface area contributed by atoms with Gasteiger partial charge in [0.1, 0.15) is 17.5 Å². The van der Waals surface area contributed by atoms with E-state index in [1.807, 2.05) is 6.07 Å². The molecule has 0 aliphatic carbocycles. The number of aromatic nitrogens is 2. The highest BCUT2D eigenvalue weighted by Crippen LogP contribution is 2.26. The van der Waals surface area contributed by atoms with E-state index < -0.39 is 10.0 Å². The molecule has 0 spiro atoms. The first kappa shape index (κ1) is 17.0. The fraction of sp³-hybridized carbons (Fsp3) is 0. The zero-order valence-corrected chi connectivity index (χ0v) is 15.1. The van der Waals surface area contributed by atoms with Crippen LogP contribution in [-0.2, 0) is 10.0 Å². The number of nitriles is 1. The number of hydrogen-bond acceptors (Lipinski definition) is 5. The van der Waals surface area contributed by atoms with Crippen LogP contribution in [0.4, 0.5) is 11.5 Å². The van der Waals surface area contributed by atoms with E-state index in [0.29, 0.717) is 11.4 Å². The van der Waals surface area contributed by atoms with E-state index in [1.165, 1.54) is 23.0 Å². The molecule has 1 aromatic heterocycles. The van der Waals surface area contributed by atoms with Crippen molar-refractivity contribution in [1.82, 2.24) is 9.78 Å². The van der Waals surface area contributed by atoms with E-state index in [4.69, 9.17) is 11.0 Å². The number of benzene rings is 2. The third kappa shape index (κ3) is 3.35. The van der Waals surface area contributed by atoms with Crippen molar-refractivity contribution in [1.29, 1.82) is 5.26 Å². The van der Waals surface area contributed by atoms with Gasteiger partial charge in [-0.1, -0.05) is 28.1 Å². The third-order valence-electron chi connectivity index (χ3n) is 3.43. The fourth-order valence-electron chi connectivity index (χ4n) is 2.20. The molecular weight excluding hydrogens is 406 g/mol. The Labute approximate surface area is 152 Å². The highest BCUT2D eigenvalue weighted by molar-refractivity contribution is 9.10. The first-order valence-corrected chi connectivity index (χ1v) is 9.31. The lowest BCUT2D eigenvalue weighted by atomic mass is 10.2. The van der Waals surface area contributed by atoms with E-state index in [1.54, 1.807) is 36.4 Å². The molecule has 0 saturated carbocycles. The summed E-state index contributed by atoms with van der Waals surface area (Å²) in [7, 11) is -3.79. The summed E-state index contributed by atoms with van der Waals surface area (Å²) in [6.45, 7) is 0. The Morgan fingerprint density at radius 2 is 1.84 bits per heavy atom. The van der Waals surface area contributed by atoms with Crippen LogP contribution in [0.5, 0.6) is 0 Å². The molecule has 9 heteroatoms. The standard InChI is InChI=1S/C16H12BrN5O2S/c17-12-5-7-13(8-6-12)25(23,24)21-14-3-1-2-4-15(14)22-16(19)11(9-18)10-20-22/h1-8,10,21H,19H2. The Bertz CT molecular complexity index is 1070. The molecule has 0 radical (unpaired) electrons. The van der Waals surface area contributed by atoms with Gasteiger partial charge in [-0.15, -0.1) is 0 Å². The maximum atomic E-state index is 12.6. The van der Waals surface area contributed by atoms with Gasteiger partial charge in [0, 0.05) is 4.47 Å². The van der Waals surface area contributed by atoms with Crippen LogP contribution in [-0.4, -0.2) is 18.2 Å². The molecule has 0 aliphatic rings. The van der Waals surface area contributed by atoms with E-state index in [-0.39, 0.29) is 16.3 Å². The summed E-state index contributed by atoms with van der Waals surface area (Å²) < 4.78 is 29.8. The lowest BCUT2D eigenvalue weighted by Crippen LogP contribution is -2.15. The number of hydrogen-bond donors (Lipinski definition) is 2. The van der Waals surface area contributed by atoms with Gasteiger partial charge in [-0.05, 0) is 36.4 Å². The first-order chi connectivity index (χ1) is 11.9. The molecule has 25 heavy (non-hydrogen) atoms. The van der Waals surface area contributed by atoms with Crippen LogP contribution < -0.4 is 10.5 Å². The third-order valence-corrected chi connectivity index (χ3v) is 5.34. The highest BCUT2D eigenvalue weighted by Gasteiger charge is 2.18. The predicted octanol–water partition coefficient (Wildman–Crippen LogP) is 2.89. The van der Waals surface area contributed by atoms with E-state index in [9.17, 15) is 8.42 Å². The van der Waals surface area contributed by atoms with Crippen LogP contribution in [0.2, 0.25) is 0 Å². The second-order valence-corrected chi connectivity index (χ2v) is 7.64. The van der Waals surface area contributed by atoms with Gasteiger partial charge < -0.3 is 5.73 Å². The summed E-state index contributed by atoms with van der Waals surface area (Å²) in [5.74, 6) is 0.137. The lowest BCUT2D eigenvalue weighted by molar-refractivity contribution is 0.601. The van der Waals surface area contributed by atoms with Gasteiger partial charge in [-0.25, -0.2) is 13.1 Å². The van der Waals surface area contributed by atoms with Crippen molar-refractivity contribution in [2.24, 2.45) is 0 Å². The number of para-hydroxylation sites is 2. The number of nitrogens with one attached hydrogen (secondary N) is 1. The summed E-state index contributed by atoms with van der Waals surface area (Å²) in [5.41, 5.74) is 6.83. The van der Waals surface area contributed by atoms with Gasteiger partial charge in [0.05, 0.1) is 22.5 Å². The second kappa shape index (κ2) is 6.58. The molecule has 0 atom stereocenters. The molecule has 0 aliphatic heterocycles. The van der Waals surface area contributed by atoms with Crippen molar-refractivity contribution >= 4 is 37.5 Å². The molecule has 126 valence electrons. The zero-order valence-electron chi connectivity index (χ0n) is 12.7. The minimum Gasteiger partial charge on any atom is -0.382 e. The lowest BCUT2D eigenvalue weighted by Gasteiger charge is -2.13. The Kier molecular flexibility index (Phi) is 4.48. The number of sulfonamides is 1. The molecule has 3 rings (SSSR count). The average Bonchev–Trinajstić information content (AvgIpc) is 2.96. The van der Waals surface area contributed by atoms with E-state index in [2.05, 4.69) is 25.8 Å². The van der Waals surface area contributed by atoms with Gasteiger partial charge in [0.25, 0.3) is 10.0 Å². The van der Waals surface area contributed by atoms with Crippen LogP contribution in [0.1, 0.15) is 5.56 Å². The van der Waals surface area contributed by atoms with Gasteiger partial charge in [0.15, 0.2) is 0 Å². The number of nitrogen functional groups attached to an aromatic ring is 1. The maximum absolute atomic E-state index is 12.6. The van der Waals surface area contributed by atoms with Crippen LogP contribution in [0, 0.1) is 11.3 Å². The quantitative estimate of drug-likeness (QED) is 0.676. The highest BCUT2D eigenvalue weighted by atomic mass is 79.9. The molecule has 0 fully saturated rings. The minimum absolute atomic E-state index is 0.122. The second-order valence-electron chi connectivity index (χ2n) is 5.04. The summed E-state index contributed by atoms with van der Waals surface area (Å²) in [4.78, 5) is 0.122. The number of anilines is 2. The molecule has 1 heterocycles. The number of nitrogens with zero attached hydrogens (tertiary/aromatic N) is 3. The molecule has 0 amide bonds. The summed E-state index contributed by atoms with van der Waals surface area (Å²) in [5, 5.41) is 13.1. The molecule has 2 aromatic carbocycles. The van der Waals surface area contributed by atoms with Gasteiger partial charge in [0.2, 0.25) is 0 Å². The molecule has 3 aromatic rings. The maximum Gasteiger partial charge on any atom is 0.261 e. The number of nitrogens with two attached hydrogens (primary N) is 1. The summed E-state index contributed by atoms with van der Waals surface area (Å²) in [6.07, 6.45) is 1.33. The van der Waals surface area contributed by atoms with Crippen molar-refractivity contribution < 1.29 is 8.42 Å². The molecule has 0 saturated heterocycles. The van der Waals surface area contributed by atoms with Crippen molar-refractivity contribution in [3.8, 4) is 11.8 Å². The fourth-order valence-corrected chi connectivity index (χ4v) is 3.54. The van der Waals surface area contributed by atoms with Crippen molar-refractivity contribution in [3.63, 3.8) is 0 Å². The Balaban J connectivity index is 2.03. The largest absolute Gasteiger partial charge is 0.382 e. The van der Waals surface area contributed by atoms with Gasteiger partial charge >= 0.3 is 0 Å². The Morgan fingerprint density at radius 3 is 2.48 bits per heavy atom. The van der Waals surface area contributed by atoms with Crippen LogP contribution in [0.15, 0.2) is 64.1 Å². The van der Waals surface area contributed by atoms with Crippen molar-refractivity contribution in [2.75, 3.05) is 10.5 Å². The zero-order chi connectivity index (χ0) is 18.0. The first-order valence-electron chi connectivity index (χ1n) is 7.04. The smallest absolute Gasteiger partial charge is 0.261 e. The van der Waals surface area contributed by atoms with Crippen molar-refractivity contribution in [3.05, 3.63) is 64.8 Å². The van der Waals surface area contributed by atoms with E-state index >= 15 is 0 Å². The van der Waals surface area contributed by atoms with Gasteiger partial charge in [-0.2, -0.15) is 10.4 Å². The minimum atomic E-state index is -3.79. The van der Waals surface area contributed by atoms with Crippen LogP contribution >= 0.6 is 15.9 Å². The molecule has 7 nitrogen and oxygen atoms in total. The SMILES string of the molecule is N#Cc1cnn(-c2ccccc2NS(=O)(=O)c2ccc(Br)cc2)c1N. The van der Waals surface area contributed by atoms with Gasteiger partial charge in [-0.3, -0.25) is 4.72 Å².